The summed E-state index contributed by atoms with van der Waals surface area (Å²) >= 11 is 15.3. The van der Waals surface area contributed by atoms with Gasteiger partial charge in [-0.25, -0.2) is 19.3 Å². The Bertz CT molecular complexity index is 1210. The molecular formula is C25H32Cl2N4O4S. The fourth-order valence-electron chi connectivity index (χ4n) is 5.61. The number of hydrogen-bond acceptors (Lipinski definition) is 7. The predicted molar refractivity (Wildman–Crippen MR) is 142 cm³/mol. The van der Waals surface area contributed by atoms with Crippen LogP contribution in [0.25, 0.3) is 0 Å². The minimum Gasteiger partial charge on any atom is -0.457 e. The summed E-state index contributed by atoms with van der Waals surface area (Å²) in [6, 6.07) is -0.329. The molecule has 36 heavy (non-hydrogen) atoms. The first-order valence-electron chi connectivity index (χ1n) is 12.4. The van der Waals surface area contributed by atoms with Crippen LogP contribution in [0.15, 0.2) is 28.4 Å². The lowest BCUT2D eigenvalue weighted by Gasteiger charge is -2.44. The summed E-state index contributed by atoms with van der Waals surface area (Å²) in [5.41, 5.74) is -0.821. The fraction of sp³-hybridized carbons (Fsp3) is 0.640. The molecular weight excluding hydrogens is 523 g/mol. The van der Waals surface area contributed by atoms with Crippen molar-refractivity contribution in [2.45, 2.75) is 86.9 Å². The van der Waals surface area contributed by atoms with Gasteiger partial charge in [-0.15, -0.1) is 34.5 Å². The molecule has 0 amide bonds. The molecule has 0 bridgehead atoms. The molecule has 0 aromatic carbocycles. The second-order valence-electron chi connectivity index (χ2n) is 10.2. The lowest BCUT2D eigenvalue weighted by molar-refractivity contribution is 0.0553. The molecule has 2 aliphatic rings. The van der Waals surface area contributed by atoms with Crippen LogP contribution in [-0.4, -0.2) is 43.1 Å². The number of carbonyl (C=O) groups is 1. The number of halogens is 2. The van der Waals surface area contributed by atoms with Crippen LogP contribution in [0.5, 0.6) is 0 Å². The maximum atomic E-state index is 13.0. The SMILES string of the molecule is C=CCOC(=O)c1sc(C(C)(C)C2C(Cl)CC(n3ncc(=O)[nH]c3=O)CC2Cl)nc1C1CCCCC1. The predicted octanol–water partition coefficient (Wildman–Crippen LogP) is 4.92. The van der Waals surface area contributed by atoms with Crippen LogP contribution >= 0.6 is 34.5 Å². The summed E-state index contributed by atoms with van der Waals surface area (Å²) in [5, 5.41) is 4.06. The third kappa shape index (κ3) is 5.48. The van der Waals surface area contributed by atoms with Crippen molar-refractivity contribution in [2.75, 3.05) is 6.61 Å². The van der Waals surface area contributed by atoms with E-state index in [0.717, 1.165) is 42.6 Å². The first-order valence-corrected chi connectivity index (χ1v) is 14.1. The van der Waals surface area contributed by atoms with Crippen molar-refractivity contribution in [3.8, 4) is 0 Å². The Morgan fingerprint density at radius 3 is 2.53 bits per heavy atom. The number of nitrogens with one attached hydrogen (secondary N) is 1. The van der Waals surface area contributed by atoms with E-state index in [0.29, 0.717) is 17.7 Å². The summed E-state index contributed by atoms with van der Waals surface area (Å²) in [7, 11) is 0. The summed E-state index contributed by atoms with van der Waals surface area (Å²) in [4.78, 5) is 44.5. The second kappa shape index (κ2) is 11.2. The normalized spacial score (nSPS) is 25.4. The van der Waals surface area contributed by atoms with Crippen LogP contribution in [0.1, 0.15) is 91.1 Å². The summed E-state index contributed by atoms with van der Waals surface area (Å²) in [6.45, 7) is 7.91. The highest BCUT2D eigenvalue weighted by Crippen LogP contribution is 2.49. The fourth-order valence-corrected chi connectivity index (χ4v) is 8.27. The molecule has 2 unspecified atom stereocenters. The van der Waals surface area contributed by atoms with Gasteiger partial charge in [0.25, 0.3) is 5.56 Å². The molecule has 4 rings (SSSR count). The van der Waals surface area contributed by atoms with E-state index in [1.54, 1.807) is 6.08 Å². The maximum Gasteiger partial charge on any atom is 0.350 e. The average molecular weight is 556 g/mol. The third-order valence-electron chi connectivity index (χ3n) is 7.40. The van der Waals surface area contributed by atoms with Crippen molar-refractivity contribution in [2.24, 2.45) is 5.92 Å². The molecule has 2 aromatic rings. The molecule has 11 heteroatoms. The van der Waals surface area contributed by atoms with Gasteiger partial charge in [0, 0.05) is 28.0 Å². The number of carbonyl (C=O) groups excluding carboxylic acids is 1. The highest BCUT2D eigenvalue weighted by molar-refractivity contribution is 7.13. The zero-order valence-corrected chi connectivity index (χ0v) is 22.9. The zero-order chi connectivity index (χ0) is 26.0. The Hall–Kier alpha value is -1.97. The number of nitrogens with zero attached hydrogens (tertiary/aromatic N) is 3. The number of H-pyrrole nitrogens is 1. The van der Waals surface area contributed by atoms with Crippen molar-refractivity contribution < 1.29 is 9.53 Å². The minimum atomic E-state index is -0.572. The van der Waals surface area contributed by atoms with E-state index in [2.05, 4.69) is 30.5 Å². The van der Waals surface area contributed by atoms with Crippen LogP contribution in [0.3, 0.4) is 0 Å². The van der Waals surface area contributed by atoms with Gasteiger partial charge in [-0.2, -0.15) is 5.10 Å². The van der Waals surface area contributed by atoms with E-state index in [1.807, 2.05) is 0 Å². The first-order chi connectivity index (χ1) is 17.1. The van der Waals surface area contributed by atoms with Gasteiger partial charge >= 0.3 is 11.7 Å². The number of alkyl halides is 2. The standard InChI is InChI=1S/C25H32Cl2N4O4S/c1-4-10-35-22(33)21-20(14-8-6-5-7-9-14)30-23(36-21)25(2,3)19-16(26)11-15(12-17(19)27)31-24(34)29-18(32)13-28-31/h4,13-17,19H,1,5-12H2,2-3H3,(H,29,32,34). The number of thiazole rings is 1. The van der Waals surface area contributed by atoms with Crippen molar-refractivity contribution in [1.29, 1.82) is 0 Å². The van der Waals surface area contributed by atoms with E-state index in [-0.39, 0.29) is 41.2 Å². The smallest absolute Gasteiger partial charge is 0.350 e. The molecule has 8 nitrogen and oxygen atoms in total. The molecule has 0 spiro atoms. The molecule has 2 aromatic heterocycles. The Labute approximate surface area is 224 Å². The summed E-state index contributed by atoms with van der Waals surface area (Å²) in [5.74, 6) is -0.302. The maximum absolute atomic E-state index is 13.0. The van der Waals surface area contributed by atoms with Crippen molar-refractivity contribution in [3.63, 3.8) is 0 Å². The van der Waals surface area contributed by atoms with E-state index >= 15 is 0 Å². The minimum absolute atomic E-state index is 0.148. The van der Waals surface area contributed by atoms with Crippen molar-refractivity contribution >= 4 is 40.5 Å². The number of ether oxygens (including phenoxy) is 1. The number of aromatic amines is 1. The zero-order valence-electron chi connectivity index (χ0n) is 20.5. The van der Waals surface area contributed by atoms with E-state index in [1.165, 1.54) is 22.4 Å². The van der Waals surface area contributed by atoms with Gasteiger partial charge in [0.15, 0.2) is 0 Å². The molecule has 0 saturated heterocycles. The van der Waals surface area contributed by atoms with Gasteiger partial charge < -0.3 is 4.74 Å². The lowest BCUT2D eigenvalue weighted by Crippen LogP contribution is -2.48. The van der Waals surface area contributed by atoms with E-state index < -0.39 is 16.7 Å². The average Bonchev–Trinajstić information content (AvgIpc) is 3.29. The van der Waals surface area contributed by atoms with Gasteiger partial charge in [0.1, 0.15) is 17.7 Å². The third-order valence-corrected chi connectivity index (χ3v) is 9.69. The highest BCUT2D eigenvalue weighted by atomic mass is 35.5. The molecule has 0 aliphatic heterocycles. The Kier molecular flexibility index (Phi) is 8.42. The van der Waals surface area contributed by atoms with Gasteiger partial charge in [0.05, 0.1) is 16.7 Å². The summed E-state index contributed by atoms with van der Waals surface area (Å²) in [6.07, 6.45) is 9.03. The van der Waals surface area contributed by atoms with Crippen LogP contribution in [0, 0.1) is 5.92 Å². The molecule has 0 radical (unpaired) electrons. The molecule has 196 valence electrons. The first kappa shape index (κ1) is 27.1. The Morgan fingerprint density at radius 1 is 1.25 bits per heavy atom. The van der Waals surface area contributed by atoms with Crippen molar-refractivity contribution in [3.05, 3.63) is 55.3 Å². The van der Waals surface area contributed by atoms with E-state index in [9.17, 15) is 14.4 Å². The van der Waals surface area contributed by atoms with Gasteiger partial charge in [-0.1, -0.05) is 45.8 Å². The topological polar surface area (TPSA) is 107 Å². The highest BCUT2D eigenvalue weighted by Gasteiger charge is 2.48. The number of esters is 1. The monoisotopic (exact) mass is 554 g/mol. The molecule has 1 N–H and O–H groups in total. The largest absolute Gasteiger partial charge is 0.457 e. The Balaban J connectivity index is 1.63. The molecule has 2 fully saturated rings. The number of rotatable bonds is 7. The lowest BCUT2D eigenvalue weighted by atomic mass is 9.69. The Morgan fingerprint density at radius 2 is 1.92 bits per heavy atom. The van der Waals surface area contributed by atoms with Gasteiger partial charge in [-0.3, -0.25) is 9.78 Å². The molecule has 2 aliphatic carbocycles. The second-order valence-corrected chi connectivity index (χ2v) is 12.4. The van der Waals surface area contributed by atoms with Gasteiger partial charge in [-0.05, 0) is 25.7 Å². The molecule has 2 heterocycles. The van der Waals surface area contributed by atoms with Crippen LogP contribution in [0.2, 0.25) is 0 Å². The quantitative estimate of drug-likeness (QED) is 0.295. The summed E-state index contributed by atoms with van der Waals surface area (Å²) < 4.78 is 6.66. The molecule has 2 saturated carbocycles. The van der Waals surface area contributed by atoms with Crippen LogP contribution in [-0.2, 0) is 10.2 Å². The van der Waals surface area contributed by atoms with Crippen LogP contribution < -0.4 is 11.2 Å². The van der Waals surface area contributed by atoms with Gasteiger partial charge in [0.2, 0.25) is 0 Å². The molecule has 2 atom stereocenters. The van der Waals surface area contributed by atoms with E-state index in [4.69, 9.17) is 32.9 Å². The number of hydrogen-bond donors (Lipinski definition) is 1. The van der Waals surface area contributed by atoms with Crippen molar-refractivity contribution in [1.82, 2.24) is 19.7 Å². The number of aromatic nitrogens is 4. The van der Waals surface area contributed by atoms with Crippen LogP contribution in [0.4, 0.5) is 0 Å².